The SMILES string of the molecule is CSc1nnc(CNC(=O)CN2C[C@@H](c3ccccc3)CC2=O)n1-c1ccc(F)cc1. The lowest BCUT2D eigenvalue weighted by atomic mass is 9.99. The summed E-state index contributed by atoms with van der Waals surface area (Å²) in [7, 11) is 0. The number of halogens is 1. The lowest BCUT2D eigenvalue weighted by molar-refractivity contribution is -0.133. The Kier molecular flexibility index (Phi) is 6.31. The summed E-state index contributed by atoms with van der Waals surface area (Å²) in [5, 5.41) is 11.8. The number of nitrogens with zero attached hydrogens (tertiary/aromatic N) is 4. The number of amides is 2. The molecule has 0 spiro atoms. The minimum Gasteiger partial charge on any atom is -0.347 e. The van der Waals surface area contributed by atoms with Gasteiger partial charge in [-0.3, -0.25) is 14.2 Å². The van der Waals surface area contributed by atoms with Crippen LogP contribution in [0, 0.1) is 5.82 Å². The average molecular weight is 440 g/mol. The van der Waals surface area contributed by atoms with Crippen LogP contribution in [0.25, 0.3) is 5.69 Å². The maximum atomic E-state index is 13.3. The van der Waals surface area contributed by atoms with Crippen molar-refractivity contribution >= 4 is 23.6 Å². The Morgan fingerprint density at radius 2 is 1.90 bits per heavy atom. The van der Waals surface area contributed by atoms with Crippen molar-refractivity contribution < 1.29 is 14.0 Å². The third-order valence-electron chi connectivity index (χ3n) is 5.23. The van der Waals surface area contributed by atoms with E-state index in [1.54, 1.807) is 21.6 Å². The highest BCUT2D eigenvalue weighted by atomic mass is 32.2. The Hall–Kier alpha value is -3.20. The number of carbonyl (C=O) groups is 2. The van der Waals surface area contributed by atoms with Gasteiger partial charge in [-0.1, -0.05) is 42.1 Å². The van der Waals surface area contributed by atoms with E-state index in [1.807, 2.05) is 36.6 Å². The van der Waals surface area contributed by atoms with Gasteiger partial charge in [0.15, 0.2) is 11.0 Å². The maximum Gasteiger partial charge on any atom is 0.240 e. The van der Waals surface area contributed by atoms with Gasteiger partial charge >= 0.3 is 0 Å². The quantitative estimate of drug-likeness (QED) is 0.573. The van der Waals surface area contributed by atoms with E-state index in [0.29, 0.717) is 29.6 Å². The van der Waals surface area contributed by atoms with Gasteiger partial charge in [0.05, 0.1) is 13.1 Å². The minimum atomic E-state index is -0.332. The summed E-state index contributed by atoms with van der Waals surface area (Å²) in [5.41, 5.74) is 1.82. The summed E-state index contributed by atoms with van der Waals surface area (Å²) >= 11 is 1.40. The number of benzene rings is 2. The molecule has 0 aliphatic carbocycles. The second-order valence-electron chi connectivity index (χ2n) is 7.28. The topological polar surface area (TPSA) is 80.1 Å². The number of hydrogen-bond acceptors (Lipinski definition) is 5. The zero-order valence-electron chi connectivity index (χ0n) is 17.0. The number of likely N-dealkylation sites (tertiary alicyclic amines) is 1. The van der Waals surface area contributed by atoms with Crippen molar-refractivity contribution in [2.45, 2.75) is 24.0 Å². The molecule has 1 aliphatic heterocycles. The van der Waals surface area contributed by atoms with Gasteiger partial charge in [-0.05, 0) is 36.1 Å². The predicted octanol–water partition coefficient (Wildman–Crippen LogP) is 2.76. The molecular weight excluding hydrogens is 417 g/mol. The highest BCUT2D eigenvalue weighted by molar-refractivity contribution is 7.98. The van der Waals surface area contributed by atoms with Gasteiger partial charge < -0.3 is 10.2 Å². The minimum absolute atomic E-state index is 0.00222. The molecule has 1 saturated heterocycles. The molecule has 0 bridgehead atoms. The van der Waals surface area contributed by atoms with Gasteiger partial charge in [-0.2, -0.15) is 0 Å². The molecule has 1 aliphatic rings. The Labute approximate surface area is 183 Å². The van der Waals surface area contributed by atoms with Gasteiger partial charge in [0.1, 0.15) is 5.82 Å². The molecule has 31 heavy (non-hydrogen) atoms. The summed E-state index contributed by atoms with van der Waals surface area (Å²) in [6.45, 7) is 0.675. The van der Waals surface area contributed by atoms with E-state index in [1.165, 1.54) is 23.9 Å². The standard InChI is InChI=1S/C22H22FN5O2S/c1-31-22-26-25-19(28(22)18-9-7-17(23)8-10-18)12-24-20(29)14-27-13-16(11-21(27)30)15-5-3-2-4-6-15/h2-10,16H,11-14H2,1H3,(H,24,29)/t16-/m0/s1. The molecule has 1 N–H and O–H groups in total. The van der Waals surface area contributed by atoms with Crippen LogP contribution in [0.5, 0.6) is 0 Å². The fraction of sp³-hybridized carbons (Fsp3) is 0.273. The first-order valence-corrected chi connectivity index (χ1v) is 11.1. The second kappa shape index (κ2) is 9.30. The van der Waals surface area contributed by atoms with E-state index in [-0.39, 0.29) is 36.6 Å². The van der Waals surface area contributed by atoms with E-state index in [9.17, 15) is 14.0 Å². The van der Waals surface area contributed by atoms with Crippen molar-refractivity contribution in [3.8, 4) is 5.69 Å². The maximum absolute atomic E-state index is 13.3. The number of thioether (sulfide) groups is 1. The smallest absolute Gasteiger partial charge is 0.240 e. The molecule has 0 radical (unpaired) electrons. The normalized spacial score (nSPS) is 16.0. The molecule has 4 rings (SSSR count). The average Bonchev–Trinajstić information content (AvgIpc) is 3.36. The number of aromatic nitrogens is 3. The Balaban J connectivity index is 1.39. The van der Waals surface area contributed by atoms with Crippen LogP contribution in [0.3, 0.4) is 0 Å². The van der Waals surface area contributed by atoms with Crippen LogP contribution in [0.15, 0.2) is 59.8 Å². The Morgan fingerprint density at radius 1 is 1.16 bits per heavy atom. The van der Waals surface area contributed by atoms with Crippen molar-refractivity contribution in [1.29, 1.82) is 0 Å². The lowest BCUT2D eigenvalue weighted by Gasteiger charge is -2.16. The van der Waals surface area contributed by atoms with Crippen molar-refractivity contribution in [1.82, 2.24) is 25.0 Å². The van der Waals surface area contributed by atoms with E-state index in [2.05, 4.69) is 15.5 Å². The monoisotopic (exact) mass is 439 g/mol. The molecule has 1 atom stereocenters. The lowest BCUT2D eigenvalue weighted by Crippen LogP contribution is -2.38. The molecule has 2 heterocycles. The van der Waals surface area contributed by atoms with Gasteiger partial charge in [-0.25, -0.2) is 4.39 Å². The van der Waals surface area contributed by atoms with Gasteiger partial charge in [0.2, 0.25) is 11.8 Å². The van der Waals surface area contributed by atoms with Crippen molar-refractivity contribution in [2.24, 2.45) is 0 Å². The molecule has 0 saturated carbocycles. The summed E-state index contributed by atoms with van der Waals surface area (Å²) in [5.74, 6) is 0.0115. The summed E-state index contributed by atoms with van der Waals surface area (Å²) in [6, 6.07) is 15.9. The van der Waals surface area contributed by atoms with Crippen LogP contribution >= 0.6 is 11.8 Å². The molecule has 2 aromatic carbocycles. The largest absolute Gasteiger partial charge is 0.347 e. The van der Waals surface area contributed by atoms with Gasteiger partial charge in [0, 0.05) is 24.6 Å². The van der Waals surface area contributed by atoms with Crippen molar-refractivity contribution in [3.63, 3.8) is 0 Å². The summed E-state index contributed by atoms with van der Waals surface area (Å²) in [6.07, 6.45) is 2.28. The molecule has 0 unspecified atom stereocenters. The Bertz CT molecular complexity index is 1070. The third-order valence-corrected chi connectivity index (χ3v) is 5.86. The Morgan fingerprint density at radius 3 is 2.61 bits per heavy atom. The van der Waals surface area contributed by atoms with Crippen LogP contribution in [0.1, 0.15) is 23.7 Å². The van der Waals surface area contributed by atoms with E-state index < -0.39 is 0 Å². The van der Waals surface area contributed by atoms with Crippen LogP contribution < -0.4 is 5.32 Å². The molecule has 1 fully saturated rings. The molecule has 9 heteroatoms. The highest BCUT2D eigenvalue weighted by Crippen LogP contribution is 2.27. The molecule has 2 amide bonds. The number of carbonyl (C=O) groups excluding carboxylic acids is 2. The predicted molar refractivity (Wildman–Crippen MR) is 115 cm³/mol. The van der Waals surface area contributed by atoms with Crippen LogP contribution in [-0.2, 0) is 16.1 Å². The number of hydrogen-bond donors (Lipinski definition) is 1. The highest BCUT2D eigenvalue weighted by Gasteiger charge is 2.31. The number of rotatable bonds is 7. The van der Waals surface area contributed by atoms with Crippen molar-refractivity contribution in [3.05, 3.63) is 71.8 Å². The molecule has 1 aromatic heterocycles. The summed E-state index contributed by atoms with van der Waals surface area (Å²) < 4.78 is 15.1. The van der Waals surface area contributed by atoms with Gasteiger partial charge in [-0.15, -0.1) is 10.2 Å². The van der Waals surface area contributed by atoms with E-state index in [4.69, 9.17) is 0 Å². The van der Waals surface area contributed by atoms with E-state index >= 15 is 0 Å². The number of nitrogens with one attached hydrogen (secondary N) is 1. The fourth-order valence-corrected chi connectivity index (χ4v) is 4.19. The van der Waals surface area contributed by atoms with Crippen LogP contribution in [0.2, 0.25) is 0 Å². The van der Waals surface area contributed by atoms with Crippen LogP contribution in [-0.4, -0.2) is 50.8 Å². The fourth-order valence-electron chi connectivity index (χ4n) is 3.68. The third kappa shape index (κ3) is 4.77. The van der Waals surface area contributed by atoms with E-state index in [0.717, 1.165) is 5.56 Å². The van der Waals surface area contributed by atoms with Crippen LogP contribution in [0.4, 0.5) is 4.39 Å². The zero-order valence-corrected chi connectivity index (χ0v) is 17.8. The first-order chi connectivity index (χ1) is 15.0. The summed E-state index contributed by atoms with van der Waals surface area (Å²) in [4.78, 5) is 26.5. The molecule has 7 nitrogen and oxygen atoms in total. The zero-order chi connectivity index (χ0) is 21.8. The van der Waals surface area contributed by atoms with Gasteiger partial charge in [0.25, 0.3) is 0 Å². The second-order valence-corrected chi connectivity index (χ2v) is 8.05. The first-order valence-electron chi connectivity index (χ1n) is 9.89. The first kappa shape index (κ1) is 21.0. The molecular formula is C22H22FN5O2S. The molecule has 3 aromatic rings. The van der Waals surface area contributed by atoms with Crippen molar-refractivity contribution in [2.75, 3.05) is 19.3 Å². The molecule has 160 valence electrons.